The largest absolute Gasteiger partial charge is 0.497 e. The fraction of sp³-hybridized carbons (Fsp3) is 0.300. The highest BCUT2D eigenvalue weighted by molar-refractivity contribution is 6.30. The summed E-state index contributed by atoms with van der Waals surface area (Å²) in [6, 6.07) is 16.4. The van der Waals surface area contributed by atoms with Crippen LogP contribution in [0.25, 0.3) is 0 Å². The number of methoxy groups -OCH3 is 1. The number of nitriles is 1. The predicted molar refractivity (Wildman–Crippen MR) is 105 cm³/mol. The summed E-state index contributed by atoms with van der Waals surface area (Å²) in [5.74, 6) is 0.730. The molecule has 1 heterocycles. The van der Waals surface area contributed by atoms with Gasteiger partial charge in [-0.25, -0.2) is 4.79 Å². The minimum Gasteiger partial charge on any atom is -0.497 e. The molecule has 0 aliphatic carbocycles. The number of carbonyl (C=O) groups excluding carboxylic acids is 1. The van der Waals surface area contributed by atoms with E-state index in [0.29, 0.717) is 36.9 Å². The molecule has 0 radical (unpaired) electrons. The van der Waals surface area contributed by atoms with Crippen LogP contribution in [0.3, 0.4) is 0 Å². The summed E-state index contributed by atoms with van der Waals surface area (Å²) < 4.78 is 5.25. The smallest absolute Gasteiger partial charge is 0.321 e. The van der Waals surface area contributed by atoms with Crippen LogP contribution in [-0.4, -0.2) is 49.1 Å². The van der Waals surface area contributed by atoms with E-state index in [9.17, 15) is 10.1 Å². The van der Waals surface area contributed by atoms with Crippen LogP contribution in [0, 0.1) is 11.3 Å². The van der Waals surface area contributed by atoms with Crippen LogP contribution in [0.4, 0.5) is 10.5 Å². The highest BCUT2D eigenvalue weighted by atomic mass is 35.5. The van der Waals surface area contributed by atoms with E-state index < -0.39 is 0 Å². The molecule has 6 nitrogen and oxygen atoms in total. The number of ether oxygens (including phenoxy) is 1. The Kier molecular flexibility index (Phi) is 6.17. The summed E-state index contributed by atoms with van der Waals surface area (Å²) in [5, 5.41) is 13.1. The third-order valence-electron chi connectivity index (χ3n) is 4.59. The first-order valence-electron chi connectivity index (χ1n) is 8.70. The van der Waals surface area contributed by atoms with Gasteiger partial charge in [0.15, 0.2) is 0 Å². The molecule has 0 saturated carbocycles. The van der Waals surface area contributed by atoms with Gasteiger partial charge < -0.3 is 15.0 Å². The van der Waals surface area contributed by atoms with E-state index in [0.717, 1.165) is 11.3 Å². The van der Waals surface area contributed by atoms with Gasteiger partial charge in [-0.15, -0.1) is 0 Å². The van der Waals surface area contributed by atoms with Gasteiger partial charge in [-0.2, -0.15) is 5.26 Å². The third kappa shape index (κ3) is 4.70. The molecule has 1 N–H and O–H groups in total. The number of benzene rings is 2. The zero-order chi connectivity index (χ0) is 19.2. The lowest BCUT2D eigenvalue weighted by atomic mass is 10.1. The number of carbonyl (C=O) groups is 1. The first kappa shape index (κ1) is 19.0. The van der Waals surface area contributed by atoms with Gasteiger partial charge in [0.05, 0.1) is 13.2 Å². The van der Waals surface area contributed by atoms with E-state index in [4.69, 9.17) is 16.3 Å². The van der Waals surface area contributed by atoms with E-state index in [1.807, 2.05) is 24.3 Å². The SMILES string of the molecule is COc1cccc(C(C#N)N2CCN(C(=O)Nc3ccc(Cl)cc3)CC2)c1. The summed E-state index contributed by atoms with van der Waals surface area (Å²) >= 11 is 5.86. The number of hydrogen-bond donors (Lipinski definition) is 1. The molecular weight excluding hydrogens is 364 g/mol. The van der Waals surface area contributed by atoms with Crippen molar-refractivity contribution in [1.82, 2.24) is 9.80 Å². The maximum Gasteiger partial charge on any atom is 0.321 e. The Morgan fingerprint density at radius 2 is 1.89 bits per heavy atom. The Bertz CT molecular complexity index is 827. The molecule has 1 aliphatic heterocycles. The number of piperazine rings is 1. The van der Waals surface area contributed by atoms with Gasteiger partial charge in [-0.1, -0.05) is 23.7 Å². The van der Waals surface area contributed by atoms with Crippen molar-refractivity contribution in [1.29, 1.82) is 5.26 Å². The minimum atomic E-state index is -0.360. The lowest BCUT2D eigenvalue weighted by molar-refractivity contribution is 0.131. The van der Waals surface area contributed by atoms with Gasteiger partial charge in [0.1, 0.15) is 11.8 Å². The number of nitrogens with zero attached hydrogens (tertiary/aromatic N) is 3. The number of urea groups is 1. The molecule has 1 fully saturated rings. The summed E-state index contributed by atoms with van der Waals surface area (Å²) in [6.45, 7) is 2.37. The van der Waals surface area contributed by atoms with Gasteiger partial charge >= 0.3 is 6.03 Å². The van der Waals surface area contributed by atoms with Crippen LogP contribution in [0.5, 0.6) is 5.75 Å². The first-order chi connectivity index (χ1) is 13.1. The number of nitrogens with one attached hydrogen (secondary N) is 1. The molecule has 1 aliphatic rings. The second-order valence-corrected chi connectivity index (χ2v) is 6.70. The summed E-state index contributed by atoms with van der Waals surface area (Å²) in [6.07, 6.45) is 0. The zero-order valence-electron chi connectivity index (χ0n) is 15.1. The highest BCUT2D eigenvalue weighted by Gasteiger charge is 2.27. The van der Waals surface area contributed by atoms with Gasteiger partial charge in [0.2, 0.25) is 0 Å². The fourth-order valence-corrected chi connectivity index (χ4v) is 3.22. The van der Waals surface area contributed by atoms with E-state index in [1.54, 1.807) is 36.3 Å². The topological polar surface area (TPSA) is 68.6 Å². The molecule has 27 heavy (non-hydrogen) atoms. The van der Waals surface area contributed by atoms with E-state index in [-0.39, 0.29) is 12.1 Å². The lowest BCUT2D eigenvalue weighted by Crippen LogP contribution is -2.50. The summed E-state index contributed by atoms with van der Waals surface area (Å²) in [7, 11) is 1.61. The Morgan fingerprint density at radius 1 is 1.19 bits per heavy atom. The molecule has 140 valence electrons. The second-order valence-electron chi connectivity index (χ2n) is 6.27. The Morgan fingerprint density at radius 3 is 2.52 bits per heavy atom. The van der Waals surface area contributed by atoms with Crippen LogP contribution in [0.2, 0.25) is 5.02 Å². The van der Waals surface area contributed by atoms with Crippen LogP contribution >= 0.6 is 11.6 Å². The number of amides is 2. The maximum absolute atomic E-state index is 12.4. The summed E-state index contributed by atoms with van der Waals surface area (Å²) in [4.78, 5) is 16.3. The molecule has 7 heteroatoms. The molecule has 0 aromatic heterocycles. The summed E-state index contributed by atoms with van der Waals surface area (Å²) in [5.41, 5.74) is 1.61. The van der Waals surface area contributed by atoms with Crippen molar-refractivity contribution >= 4 is 23.3 Å². The van der Waals surface area contributed by atoms with Gasteiger partial charge in [0, 0.05) is 36.9 Å². The second kappa shape index (κ2) is 8.76. The monoisotopic (exact) mass is 384 g/mol. The number of hydrogen-bond acceptors (Lipinski definition) is 4. The molecule has 2 amide bonds. The Labute approximate surface area is 163 Å². The average Bonchev–Trinajstić information content (AvgIpc) is 2.71. The van der Waals surface area contributed by atoms with Crippen LogP contribution in [-0.2, 0) is 0 Å². The quantitative estimate of drug-likeness (QED) is 0.871. The lowest BCUT2D eigenvalue weighted by Gasteiger charge is -2.37. The van der Waals surface area contributed by atoms with E-state index in [1.165, 1.54) is 0 Å². The molecule has 1 atom stereocenters. The Hall–Kier alpha value is -2.75. The van der Waals surface area contributed by atoms with Crippen molar-refractivity contribution < 1.29 is 9.53 Å². The molecule has 2 aromatic carbocycles. The molecule has 1 unspecified atom stereocenters. The average molecular weight is 385 g/mol. The predicted octanol–water partition coefficient (Wildman–Crippen LogP) is 3.76. The molecule has 0 bridgehead atoms. The van der Waals surface area contributed by atoms with Crippen molar-refractivity contribution in [2.24, 2.45) is 0 Å². The van der Waals surface area contributed by atoms with Crippen molar-refractivity contribution in [3.05, 3.63) is 59.1 Å². The van der Waals surface area contributed by atoms with Crippen molar-refractivity contribution in [3.63, 3.8) is 0 Å². The molecule has 3 rings (SSSR count). The number of anilines is 1. The Balaban J connectivity index is 1.59. The number of halogens is 1. The van der Waals surface area contributed by atoms with Gasteiger partial charge in [-0.05, 0) is 42.0 Å². The van der Waals surface area contributed by atoms with Crippen LogP contribution in [0.15, 0.2) is 48.5 Å². The molecule has 1 saturated heterocycles. The number of rotatable bonds is 4. The minimum absolute atomic E-state index is 0.146. The molecular formula is C20H21ClN4O2. The van der Waals surface area contributed by atoms with E-state index in [2.05, 4.69) is 16.3 Å². The fourth-order valence-electron chi connectivity index (χ4n) is 3.10. The van der Waals surface area contributed by atoms with Gasteiger partial charge in [-0.3, -0.25) is 4.90 Å². The normalized spacial score (nSPS) is 15.7. The van der Waals surface area contributed by atoms with E-state index >= 15 is 0 Å². The first-order valence-corrected chi connectivity index (χ1v) is 9.07. The zero-order valence-corrected chi connectivity index (χ0v) is 15.8. The molecule has 0 spiro atoms. The van der Waals surface area contributed by atoms with Crippen LogP contribution < -0.4 is 10.1 Å². The standard InChI is InChI=1S/C20H21ClN4O2/c1-27-18-4-2-3-15(13-18)19(14-22)24-9-11-25(12-10-24)20(26)23-17-7-5-16(21)6-8-17/h2-8,13,19H,9-12H2,1H3,(H,23,26). The van der Waals surface area contributed by atoms with Crippen LogP contribution in [0.1, 0.15) is 11.6 Å². The third-order valence-corrected chi connectivity index (χ3v) is 4.85. The molecule has 2 aromatic rings. The van der Waals surface area contributed by atoms with Crippen molar-refractivity contribution in [2.45, 2.75) is 6.04 Å². The maximum atomic E-state index is 12.4. The highest BCUT2D eigenvalue weighted by Crippen LogP contribution is 2.25. The van der Waals surface area contributed by atoms with Gasteiger partial charge in [0.25, 0.3) is 0 Å². The van der Waals surface area contributed by atoms with Crippen molar-refractivity contribution in [2.75, 3.05) is 38.6 Å². The van der Waals surface area contributed by atoms with Crippen molar-refractivity contribution in [3.8, 4) is 11.8 Å².